The number of amides is 1. The maximum atomic E-state index is 12.2. The van der Waals surface area contributed by atoms with E-state index in [1.165, 1.54) is 0 Å². The third kappa shape index (κ3) is 4.13. The van der Waals surface area contributed by atoms with E-state index in [4.69, 9.17) is 4.42 Å². The normalized spacial score (nSPS) is 16.0. The Balaban J connectivity index is 1.53. The third-order valence-electron chi connectivity index (χ3n) is 4.28. The van der Waals surface area contributed by atoms with Crippen molar-refractivity contribution in [2.45, 2.75) is 31.4 Å². The lowest BCUT2D eigenvalue weighted by atomic mass is 10.1. The van der Waals surface area contributed by atoms with Gasteiger partial charge in [0.05, 0.1) is 5.75 Å². The monoisotopic (exact) mass is 335 g/mol. The van der Waals surface area contributed by atoms with Crippen LogP contribution in [-0.2, 0) is 20.4 Å². The number of hydrogen-bond acceptors (Lipinski definition) is 4. The van der Waals surface area contributed by atoms with Crippen molar-refractivity contribution in [3.8, 4) is 0 Å². The largest absolute Gasteiger partial charge is 0.460 e. The minimum absolute atomic E-state index is 0.0126. The Bertz CT molecular complexity index is 755. The highest BCUT2D eigenvalue weighted by Gasteiger charge is 2.23. The molecule has 1 aliphatic carbocycles. The molecule has 0 bridgehead atoms. The van der Waals surface area contributed by atoms with Gasteiger partial charge in [0.1, 0.15) is 17.1 Å². The van der Waals surface area contributed by atoms with Gasteiger partial charge in [-0.25, -0.2) is 8.42 Å². The van der Waals surface area contributed by atoms with Crippen molar-refractivity contribution in [3.05, 3.63) is 36.1 Å². The van der Waals surface area contributed by atoms with E-state index in [9.17, 15) is 13.2 Å². The Morgan fingerprint density at radius 3 is 2.70 bits per heavy atom. The maximum absolute atomic E-state index is 12.2. The Labute approximate surface area is 136 Å². The van der Waals surface area contributed by atoms with Crippen LogP contribution in [0.2, 0.25) is 0 Å². The molecule has 0 saturated heterocycles. The number of carbonyl (C=O) groups excluding carboxylic acids is 1. The number of rotatable bonds is 6. The van der Waals surface area contributed by atoms with Gasteiger partial charge in [0.15, 0.2) is 9.84 Å². The summed E-state index contributed by atoms with van der Waals surface area (Å²) in [6.45, 7) is 0.165. The quantitative estimate of drug-likeness (QED) is 0.880. The number of fused-ring (bicyclic) bond motifs is 1. The van der Waals surface area contributed by atoms with Gasteiger partial charge in [-0.3, -0.25) is 4.79 Å². The highest BCUT2D eigenvalue weighted by molar-refractivity contribution is 7.90. The summed E-state index contributed by atoms with van der Waals surface area (Å²) in [6, 6.07) is 9.19. The molecule has 2 aromatic rings. The third-order valence-corrected chi connectivity index (χ3v) is 5.83. The molecule has 1 aromatic heterocycles. The number of para-hydroxylation sites is 1. The van der Waals surface area contributed by atoms with Crippen LogP contribution >= 0.6 is 0 Å². The number of furan rings is 1. The summed E-state index contributed by atoms with van der Waals surface area (Å²) in [6.07, 6.45) is 4.00. The van der Waals surface area contributed by atoms with Gasteiger partial charge in [-0.05, 0) is 25.0 Å². The first-order chi connectivity index (χ1) is 11.0. The maximum Gasteiger partial charge on any atom is 0.223 e. The van der Waals surface area contributed by atoms with Gasteiger partial charge in [0, 0.05) is 17.8 Å². The van der Waals surface area contributed by atoms with Crippen LogP contribution in [0.4, 0.5) is 0 Å². The van der Waals surface area contributed by atoms with Crippen LogP contribution in [0.1, 0.15) is 31.4 Å². The molecule has 3 rings (SSSR count). The highest BCUT2D eigenvalue weighted by Crippen LogP contribution is 2.24. The molecule has 5 nitrogen and oxygen atoms in total. The molecule has 1 amide bonds. The van der Waals surface area contributed by atoms with Crippen LogP contribution in [-0.4, -0.2) is 26.6 Å². The van der Waals surface area contributed by atoms with E-state index in [0.717, 1.165) is 31.1 Å². The molecule has 1 saturated carbocycles. The molecule has 6 heteroatoms. The highest BCUT2D eigenvalue weighted by atomic mass is 32.2. The minimum Gasteiger partial charge on any atom is -0.460 e. The molecule has 1 aliphatic rings. The second-order valence-corrected chi connectivity index (χ2v) is 8.30. The average Bonchev–Trinajstić information content (AvgIpc) is 3.15. The van der Waals surface area contributed by atoms with E-state index >= 15 is 0 Å². The molecule has 0 atom stereocenters. The number of hydrogen-bond donors (Lipinski definition) is 1. The zero-order valence-corrected chi connectivity index (χ0v) is 13.8. The standard InChI is InChI=1S/C17H21NO4S/c19-17(13-5-1-2-6-13)18-9-10-23(20,21)12-15-11-14-7-3-4-8-16(14)22-15/h3-4,7-8,11,13H,1-2,5-6,9-10,12H2,(H,18,19). The van der Waals surface area contributed by atoms with E-state index < -0.39 is 9.84 Å². The van der Waals surface area contributed by atoms with Gasteiger partial charge < -0.3 is 9.73 Å². The second-order valence-electron chi connectivity index (χ2n) is 6.11. The Kier molecular flexibility index (Phi) is 4.71. The predicted molar refractivity (Wildman–Crippen MR) is 88.7 cm³/mol. The van der Waals surface area contributed by atoms with Crippen LogP contribution in [0, 0.1) is 5.92 Å². The average molecular weight is 335 g/mol. The van der Waals surface area contributed by atoms with Crippen LogP contribution in [0.3, 0.4) is 0 Å². The van der Waals surface area contributed by atoms with Crippen LogP contribution in [0.5, 0.6) is 0 Å². The van der Waals surface area contributed by atoms with Gasteiger partial charge in [-0.15, -0.1) is 0 Å². The molecule has 23 heavy (non-hydrogen) atoms. The van der Waals surface area contributed by atoms with Crippen molar-refractivity contribution < 1.29 is 17.6 Å². The molecular weight excluding hydrogens is 314 g/mol. The summed E-state index contributed by atoms with van der Waals surface area (Å²) in [5, 5.41) is 3.64. The number of benzene rings is 1. The first-order valence-corrected chi connectivity index (χ1v) is 9.81. The molecule has 1 N–H and O–H groups in total. The topological polar surface area (TPSA) is 76.4 Å². The molecule has 1 fully saturated rings. The van der Waals surface area contributed by atoms with E-state index in [-0.39, 0.29) is 29.9 Å². The Morgan fingerprint density at radius 2 is 1.96 bits per heavy atom. The Morgan fingerprint density at radius 1 is 1.22 bits per heavy atom. The van der Waals surface area contributed by atoms with Crippen molar-refractivity contribution >= 4 is 26.7 Å². The number of sulfone groups is 1. The molecule has 0 unspecified atom stereocenters. The molecular formula is C17H21NO4S. The lowest BCUT2D eigenvalue weighted by Crippen LogP contribution is -2.33. The summed E-state index contributed by atoms with van der Waals surface area (Å²) >= 11 is 0. The van der Waals surface area contributed by atoms with Crippen molar-refractivity contribution in [2.75, 3.05) is 12.3 Å². The fourth-order valence-electron chi connectivity index (χ4n) is 3.06. The van der Waals surface area contributed by atoms with E-state index in [2.05, 4.69) is 5.32 Å². The molecule has 1 aromatic carbocycles. The first-order valence-electron chi connectivity index (χ1n) is 7.99. The van der Waals surface area contributed by atoms with Crippen LogP contribution in [0.15, 0.2) is 34.7 Å². The smallest absolute Gasteiger partial charge is 0.223 e. The molecule has 0 spiro atoms. The van der Waals surface area contributed by atoms with Crippen molar-refractivity contribution in [2.24, 2.45) is 5.92 Å². The zero-order chi connectivity index (χ0) is 16.3. The van der Waals surface area contributed by atoms with Gasteiger partial charge in [0.2, 0.25) is 5.91 Å². The Hall–Kier alpha value is -1.82. The summed E-state index contributed by atoms with van der Waals surface area (Å²) in [7, 11) is -3.31. The number of carbonyl (C=O) groups is 1. The fourth-order valence-corrected chi connectivity index (χ4v) is 4.19. The van der Waals surface area contributed by atoms with Crippen LogP contribution in [0.25, 0.3) is 11.0 Å². The van der Waals surface area contributed by atoms with E-state index in [0.29, 0.717) is 11.3 Å². The molecule has 124 valence electrons. The number of nitrogens with one attached hydrogen (secondary N) is 1. The second kappa shape index (κ2) is 6.74. The lowest BCUT2D eigenvalue weighted by molar-refractivity contribution is -0.124. The summed E-state index contributed by atoms with van der Waals surface area (Å²) in [4.78, 5) is 11.9. The zero-order valence-electron chi connectivity index (χ0n) is 13.0. The van der Waals surface area contributed by atoms with Crippen molar-refractivity contribution in [3.63, 3.8) is 0 Å². The minimum atomic E-state index is -3.31. The fraction of sp³-hybridized carbons (Fsp3) is 0.471. The molecule has 0 aliphatic heterocycles. The van der Waals surface area contributed by atoms with Gasteiger partial charge in [-0.1, -0.05) is 31.0 Å². The summed E-state index contributed by atoms with van der Waals surface area (Å²) < 4.78 is 29.9. The van der Waals surface area contributed by atoms with Gasteiger partial charge >= 0.3 is 0 Å². The van der Waals surface area contributed by atoms with Crippen LogP contribution < -0.4 is 5.32 Å². The molecule has 1 heterocycles. The van der Waals surface area contributed by atoms with Gasteiger partial charge in [0.25, 0.3) is 0 Å². The van der Waals surface area contributed by atoms with Crippen molar-refractivity contribution in [1.29, 1.82) is 0 Å². The lowest BCUT2D eigenvalue weighted by Gasteiger charge is -2.10. The predicted octanol–water partition coefficient (Wildman–Crippen LogP) is 2.65. The summed E-state index contributed by atoms with van der Waals surface area (Å²) in [5.41, 5.74) is 0.687. The van der Waals surface area contributed by atoms with Crippen molar-refractivity contribution in [1.82, 2.24) is 5.32 Å². The summed E-state index contributed by atoms with van der Waals surface area (Å²) in [5.74, 6) is 0.284. The SMILES string of the molecule is O=C(NCCS(=O)(=O)Cc1cc2ccccc2o1)C1CCCC1. The first kappa shape index (κ1) is 16.1. The van der Waals surface area contributed by atoms with Gasteiger partial charge in [-0.2, -0.15) is 0 Å². The van der Waals surface area contributed by atoms with E-state index in [1.54, 1.807) is 6.07 Å². The molecule has 0 radical (unpaired) electrons. The van der Waals surface area contributed by atoms with E-state index in [1.807, 2.05) is 24.3 Å².